The number of nitrogens with one attached hydrogen (secondary N) is 1. The van der Waals surface area contributed by atoms with Gasteiger partial charge in [0.1, 0.15) is 0 Å². The zero-order valence-electron chi connectivity index (χ0n) is 13.0. The Morgan fingerprint density at radius 3 is 2.58 bits per heavy atom. The van der Waals surface area contributed by atoms with Crippen molar-refractivity contribution in [3.05, 3.63) is 17.0 Å². The van der Waals surface area contributed by atoms with Gasteiger partial charge < -0.3 is 4.90 Å². The van der Waals surface area contributed by atoms with Crippen molar-refractivity contribution in [3.8, 4) is 0 Å². The molecule has 0 bridgehead atoms. The minimum atomic E-state index is 0.701. The third kappa shape index (κ3) is 3.18. The summed E-state index contributed by atoms with van der Waals surface area (Å²) in [7, 11) is 4.43. The minimum Gasteiger partial charge on any atom is -0.305 e. The fraction of sp³-hybridized carbons (Fsp3) is 0.800. The number of rotatable bonds is 5. The van der Waals surface area contributed by atoms with Gasteiger partial charge in [-0.2, -0.15) is 5.10 Å². The highest BCUT2D eigenvalue weighted by Crippen LogP contribution is 2.26. The van der Waals surface area contributed by atoms with E-state index in [1.807, 2.05) is 0 Å². The van der Waals surface area contributed by atoms with Gasteiger partial charge in [-0.05, 0) is 40.3 Å². The van der Waals surface area contributed by atoms with Crippen molar-refractivity contribution in [2.45, 2.75) is 46.2 Å². The van der Waals surface area contributed by atoms with Crippen molar-refractivity contribution in [1.82, 2.24) is 20.0 Å². The van der Waals surface area contributed by atoms with Crippen LogP contribution in [-0.4, -0.2) is 53.2 Å². The topological polar surface area (TPSA) is 35.2 Å². The lowest BCUT2D eigenvalue weighted by Crippen LogP contribution is -2.35. The van der Waals surface area contributed by atoms with Gasteiger partial charge in [0.05, 0.1) is 5.69 Å². The van der Waals surface area contributed by atoms with Crippen LogP contribution in [0.15, 0.2) is 0 Å². The van der Waals surface area contributed by atoms with Gasteiger partial charge >= 0.3 is 0 Å². The van der Waals surface area contributed by atoms with Gasteiger partial charge in [0.15, 0.2) is 0 Å². The van der Waals surface area contributed by atoms with Crippen molar-refractivity contribution < 1.29 is 0 Å². The largest absolute Gasteiger partial charge is 0.305 e. The molecular formula is C15H28N4. The van der Waals surface area contributed by atoms with E-state index in [0.717, 1.165) is 18.2 Å². The number of hydrogen-bond acceptors (Lipinski definition) is 3. The molecule has 1 fully saturated rings. The Morgan fingerprint density at radius 1 is 1.32 bits per heavy atom. The summed E-state index contributed by atoms with van der Waals surface area (Å²) in [6.45, 7) is 9.96. The summed E-state index contributed by atoms with van der Waals surface area (Å²) in [6, 6.07) is 0.701. The van der Waals surface area contributed by atoms with E-state index < -0.39 is 0 Å². The number of aromatic nitrogens is 2. The van der Waals surface area contributed by atoms with Gasteiger partial charge in [-0.15, -0.1) is 0 Å². The SMILES string of the molecule is CCC[C@@H]1CN(Cc2c(C)n[nH]c2C)C[C@H]1N(C)C. The van der Waals surface area contributed by atoms with Crippen LogP contribution in [0.3, 0.4) is 0 Å². The summed E-state index contributed by atoms with van der Waals surface area (Å²) in [5.74, 6) is 0.813. The summed E-state index contributed by atoms with van der Waals surface area (Å²) in [5, 5.41) is 7.40. The van der Waals surface area contributed by atoms with E-state index in [-0.39, 0.29) is 0 Å². The van der Waals surface area contributed by atoms with Crippen LogP contribution in [0.2, 0.25) is 0 Å². The predicted octanol–water partition coefficient (Wildman–Crippen LogP) is 2.19. The van der Waals surface area contributed by atoms with E-state index >= 15 is 0 Å². The van der Waals surface area contributed by atoms with Crippen LogP contribution in [0.4, 0.5) is 0 Å². The van der Waals surface area contributed by atoms with Crippen molar-refractivity contribution in [2.24, 2.45) is 5.92 Å². The molecule has 1 aliphatic rings. The summed E-state index contributed by atoms with van der Waals surface area (Å²) < 4.78 is 0. The lowest BCUT2D eigenvalue weighted by molar-refractivity contribution is 0.238. The maximum absolute atomic E-state index is 4.31. The number of aryl methyl sites for hydroxylation is 2. The fourth-order valence-electron chi connectivity index (χ4n) is 3.34. The monoisotopic (exact) mass is 264 g/mol. The molecule has 19 heavy (non-hydrogen) atoms. The van der Waals surface area contributed by atoms with Crippen LogP contribution < -0.4 is 0 Å². The fourth-order valence-corrected chi connectivity index (χ4v) is 3.34. The minimum absolute atomic E-state index is 0.701. The smallest absolute Gasteiger partial charge is 0.0639 e. The highest BCUT2D eigenvalue weighted by molar-refractivity contribution is 5.23. The standard InChI is InChI=1S/C15H28N4/c1-6-7-13-8-19(10-15(13)18(4)5)9-14-11(2)16-17-12(14)3/h13,15H,6-10H2,1-5H3,(H,16,17)/t13-,15-/m1/s1. The van der Waals surface area contributed by atoms with Gasteiger partial charge in [0, 0.05) is 36.9 Å². The maximum atomic E-state index is 4.31. The van der Waals surface area contributed by atoms with Crippen molar-refractivity contribution in [3.63, 3.8) is 0 Å². The van der Waals surface area contributed by atoms with Gasteiger partial charge in [-0.25, -0.2) is 0 Å². The van der Waals surface area contributed by atoms with Crippen LogP contribution in [0.5, 0.6) is 0 Å². The van der Waals surface area contributed by atoms with Crippen LogP contribution in [-0.2, 0) is 6.54 Å². The lowest BCUT2D eigenvalue weighted by Gasteiger charge is -2.24. The molecule has 0 radical (unpaired) electrons. The summed E-state index contributed by atoms with van der Waals surface area (Å²) in [6.07, 6.45) is 2.62. The molecule has 4 nitrogen and oxygen atoms in total. The molecule has 0 aromatic carbocycles. The number of hydrogen-bond donors (Lipinski definition) is 1. The van der Waals surface area contributed by atoms with E-state index in [2.05, 4.69) is 54.9 Å². The zero-order valence-corrected chi connectivity index (χ0v) is 13.0. The summed E-state index contributed by atoms with van der Waals surface area (Å²) in [4.78, 5) is 4.99. The van der Waals surface area contributed by atoms with Crippen LogP contribution in [0, 0.1) is 19.8 Å². The normalized spacial score (nSPS) is 24.5. The molecule has 0 saturated carbocycles. The molecule has 4 heteroatoms. The van der Waals surface area contributed by atoms with Crippen molar-refractivity contribution in [2.75, 3.05) is 27.2 Å². The average molecular weight is 264 g/mol. The van der Waals surface area contributed by atoms with E-state index in [0.29, 0.717) is 6.04 Å². The highest BCUT2D eigenvalue weighted by atomic mass is 15.2. The Hall–Kier alpha value is -0.870. The zero-order chi connectivity index (χ0) is 14.0. The predicted molar refractivity (Wildman–Crippen MR) is 79.2 cm³/mol. The van der Waals surface area contributed by atoms with E-state index in [9.17, 15) is 0 Å². The number of H-pyrrole nitrogens is 1. The van der Waals surface area contributed by atoms with Gasteiger partial charge in [-0.3, -0.25) is 10.00 Å². The molecule has 0 unspecified atom stereocenters. The molecule has 1 N–H and O–H groups in total. The first-order valence-electron chi connectivity index (χ1n) is 7.42. The van der Waals surface area contributed by atoms with E-state index in [4.69, 9.17) is 0 Å². The van der Waals surface area contributed by atoms with Crippen LogP contribution >= 0.6 is 0 Å². The van der Waals surface area contributed by atoms with Gasteiger partial charge in [-0.1, -0.05) is 13.3 Å². The maximum Gasteiger partial charge on any atom is 0.0639 e. The molecule has 1 saturated heterocycles. The van der Waals surface area contributed by atoms with E-state index in [1.54, 1.807) is 0 Å². The second kappa shape index (κ2) is 6.06. The molecule has 0 spiro atoms. The first kappa shape index (κ1) is 14.5. The van der Waals surface area contributed by atoms with Crippen molar-refractivity contribution in [1.29, 1.82) is 0 Å². The molecule has 1 aromatic heterocycles. The molecule has 2 atom stereocenters. The third-order valence-electron chi connectivity index (χ3n) is 4.47. The first-order valence-corrected chi connectivity index (χ1v) is 7.42. The molecule has 108 valence electrons. The number of likely N-dealkylation sites (tertiary alicyclic amines) is 1. The van der Waals surface area contributed by atoms with Gasteiger partial charge in [0.2, 0.25) is 0 Å². The Balaban J connectivity index is 2.03. The molecule has 1 aliphatic heterocycles. The summed E-state index contributed by atoms with van der Waals surface area (Å²) in [5.41, 5.74) is 3.75. The number of nitrogens with zero attached hydrogens (tertiary/aromatic N) is 3. The molecule has 0 aliphatic carbocycles. The third-order valence-corrected chi connectivity index (χ3v) is 4.47. The second-order valence-electron chi connectivity index (χ2n) is 6.19. The molecular weight excluding hydrogens is 236 g/mol. The quantitative estimate of drug-likeness (QED) is 0.885. The molecule has 2 rings (SSSR count). The Bertz CT molecular complexity index is 391. The highest BCUT2D eigenvalue weighted by Gasteiger charge is 2.33. The van der Waals surface area contributed by atoms with Crippen LogP contribution in [0.1, 0.15) is 36.7 Å². The van der Waals surface area contributed by atoms with Crippen LogP contribution in [0.25, 0.3) is 0 Å². The number of aromatic amines is 1. The van der Waals surface area contributed by atoms with E-state index in [1.165, 1.54) is 37.2 Å². The molecule has 2 heterocycles. The Morgan fingerprint density at radius 2 is 2.05 bits per heavy atom. The second-order valence-corrected chi connectivity index (χ2v) is 6.19. The average Bonchev–Trinajstić information content (AvgIpc) is 2.88. The summed E-state index contributed by atoms with van der Waals surface area (Å²) >= 11 is 0. The Labute approximate surface area is 117 Å². The molecule has 1 aromatic rings. The lowest BCUT2D eigenvalue weighted by atomic mass is 9.98. The van der Waals surface area contributed by atoms with Crippen molar-refractivity contribution >= 4 is 0 Å². The van der Waals surface area contributed by atoms with Gasteiger partial charge in [0.25, 0.3) is 0 Å². The number of likely N-dealkylation sites (N-methyl/N-ethyl adjacent to an activating group) is 1. The molecule has 0 amide bonds. The first-order chi connectivity index (χ1) is 9.02. The Kier molecular flexibility index (Phi) is 4.63.